The molecular weight excluding hydrogens is 310 g/mol. The number of carbonyl (C=O) groups excluding carboxylic acids is 2. The minimum atomic E-state index is -0.590. The highest BCUT2D eigenvalue weighted by atomic mass is 16.5. The summed E-state index contributed by atoms with van der Waals surface area (Å²) in [6.45, 7) is 6.67. The summed E-state index contributed by atoms with van der Waals surface area (Å²) >= 11 is 0. The summed E-state index contributed by atoms with van der Waals surface area (Å²) < 4.78 is 5.34. The Labute approximate surface area is 141 Å². The number of morpholine rings is 1. The fourth-order valence-corrected chi connectivity index (χ4v) is 3.12. The van der Waals surface area contributed by atoms with Crippen LogP contribution in [0.4, 0.5) is 4.79 Å². The lowest BCUT2D eigenvalue weighted by Crippen LogP contribution is -2.59. The second-order valence-electron chi connectivity index (χ2n) is 6.19. The smallest absolute Gasteiger partial charge is 0.331 e. The van der Waals surface area contributed by atoms with Gasteiger partial charge in [0.2, 0.25) is 5.91 Å². The lowest BCUT2D eigenvalue weighted by atomic mass is 9.91. The first-order chi connectivity index (χ1) is 11.5. The van der Waals surface area contributed by atoms with Gasteiger partial charge in [-0.15, -0.1) is 0 Å². The van der Waals surface area contributed by atoms with E-state index in [0.29, 0.717) is 18.1 Å². The van der Waals surface area contributed by atoms with Crippen molar-refractivity contribution in [1.82, 2.24) is 14.7 Å². The van der Waals surface area contributed by atoms with Crippen LogP contribution in [0.25, 0.3) is 0 Å². The number of ether oxygens (including phenoxy) is 1. The molecular formula is C16H23N5O3. The number of rotatable bonds is 3. The third-order valence-electron chi connectivity index (χ3n) is 4.62. The number of aliphatic imine (C=N–C) groups is 2. The first-order valence-electron chi connectivity index (χ1n) is 8.15. The number of imide groups is 1. The number of amides is 3. The van der Waals surface area contributed by atoms with Crippen molar-refractivity contribution >= 4 is 23.5 Å². The van der Waals surface area contributed by atoms with Crippen molar-refractivity contribution in [2.24, 2.45) is 15.9 Å². The van der Waals surface area contributed by atoms with Gasteiger partial charge in [-0.2, -0.15) is 0 Å². The molecule has 0 aromatic rings. The highest BCUT2D eigenvalue weighted by Crippen LogP contribution is 2.25. The number of allylic oxidation sites excluding steroid dienone is 1. The van der Waals surface area contributed by atoms with Crippen molar-refractivity contribution in [2.75, 3.05) is 53.5 Å². The summed E-state index contributed by atoms with van der Waals surface area (Å²) in [5.74, 6) is -0.402. The molecule has 0 spiro atoms. The maximum Gasteiger partial charge on any atom is 0.331 e. The predicted octanol–water partition coefficient (Wildman–Crippen LogP) is 0.216. The quantitative estimate of drug-likeness (QED) is 0.740. The Hall–Kier alpha value is -2.06. The van der Waals surface area contributed by atoms with Gasteiger partial charge in [-0.05, 0) is 12.5 Å². The molecule has 0 N–H and O–H groups in total. The Morgan fingerprint density at radius 2 is 1.96 bits per heavy atom. The summed E-state index contributed by atoms with van der Waals surface area (Å²) in [6, 6.07) is -0.365. The Morgan fingerprint density at radius 1 is 1.25 bits per heavy atom. The van der Waals surface area contributed by atoms with E-state index in [1.165, 1.54) is 11.9 Å². The summed E-state index contributed by atoms with van der Waals surface area (Å²) in [6.07, 6.45) is 1.68. The van der Waals surface area contributed by atoms with Crippen LogP contribution >= 0.6 is 0 Å². The third kappa shape index (κ3) is 2.99. The van der Waals surface area contributed by atoms with Gasteiger partial charge in [0.05, 0.1) is 25.5 Å². The van der Waals surface area contributed by atoms with E-state index in [4.69, 9.17) is 4.74 Å². The van der Waals surface area contributed by atoms with E-state index in [9.17, 15) is 9.59 Å². The monoisotopic (exact) mass is 333 g/mol. The van der Waals surface area contributed by atoms with Gasteiger partial charge in [0.15, 0.2) is 0 Å². The van der Waals surface area contributed by atoms with Gasteiger partial charge in [-0.3, -0.25) is 24.5 Å². The summed E-state index contributed by atoms with van der Waals surface area (Å²) in [4.78, 5) is 38.5. The van der Waals surface area contributed by atoms with Gasteiger partial charge in [0.25, 0.3) is 0 Å². The molecule has 0 radical (unpaired) electrons. The molecule has 0 aliphatic carbocycles. The molecule has 3 rings (SSSR count). The Kier molecular flexibility index (Phi) is 4.77. The average Bonchev–Trinajstić information content (AvgIpc) is 2.60. The van der Waals surface area contributed by atoms with E-state index in [-0.39, 0.29) is 11.9 Å². The van der Waals surface area contributed by atoms with Gasteiger partial charge in [0.1, 0.15) is 11.8 Å². The highest BCUT2D eigenvalue weighted by molar-refractivity contribution is 6.33. The fourth-order valence-electron chi connectivity index (χ4n) is 3.12. The topological polar surface area (TPSA) is 77.8 Å². The number of nitrogens with zero attached hydrogens (tertiary/aromatic N) is 5. The van der Waals surface area contributed by atoms with Crippen LogP contribution in [0.15, 0.2) is 21.8 Å². The minimum Gasteiger partial charge on any atom is -0.379 e. The Morgan fingerprint density at radius 3 is 2.67 bits per heavy atom. The normalized spacial score (nSPS) is 27.3. The number of amidine groups is 1. The zero-order valence-corrected chi connectivity index (χ0v) is 14.4. The van der Waals surface area contributed by atoms with Crippen molar-refractivity contribution in [2.45, 2.75) is 6.92 Å². The standard InChI is InChI=1S/C16H23N5O3/c1-11-10-18-14-12(15(22)20(3)16(23)19(14)2)13(11)17-4-5-21-6-8-24-9-7-21/h10,12H,4-9H2,1-3H3. The minimum absolute atomic E-state index is 0.269. The number of carbonyl (C=O) groups is 2. The van der Waals surface area contributed by atoms with E-state index >= 15 is 0 Å². The molecule has 1 atom stereocenters. The first kappa shape index (κ1) is 16.8. The van der Waals surface area contributed by atoms with Gasteiger partial charge in [-0.25, -0.2) is 9.79 Å². The molecule has 1 unspecified atom stereocenters. The molecule has 0 saturated carbocycles. The number of fused-ring (bicyclic) bond motifs is 1. The van der Waals surface area contributed by atoms with E-state index in [1.54, 1.807) is 13.2 Å². The molecule has 0 bridgehead atoms. The zero-order valence-electron chi connectivity index (χ0n) is 14.4. The average molecular weight is 333 g/mol. The Balaban J connectivity index is 1.78. The molecule has 24 heavy (non-hydrogen) atoms. The maximum absolute atomic E-state index is 12.6. The van der Waals surface area contributed by atoms with Crippen LogP contribution in [0, 0.1) is 5.92 Å². The molecule has 8 nitrogen and oxygen atoms in total. The van der Waals surface area contributed by atoms with Crippen LogP contribution in [0.3, 0.4) is 0 Å². The van der Waals surface area contributed by atoms with Crippen LogP contribution in [0.1, 0.15) is 6.92 Å². The van der Waals surface area contributed by atoms with Gasteiger partial charge < -0.3 is 4.74 Å². The van der Waals surface area contributed by atoms with E-state index < -0.39 is 5.92 Å². The summed E-state index contributed by atoms with van der Waals surface area (Å²) in [5, 5.41) is 0. The van der Waals surface area contributed by atoms with Crippen molar-refractivity contribution in [3.8, 4) is 0 Å². The van der Waals surface area contributed by atoms with Gasteiger partial charge in [0, 0.05) is 39.9 Å². The molecule has 3 aliphatic heterocycles. The Bertz CT molecular complexity index is 634. The molecule has 0 aromatic carbocycles. The molecule has 3 amide bonds. The van der Waals surface area contributed by atoms with E-state index in [2.05, 4.69) is 14.9 Å². The molecule has 8 heteroatoms. The summed E-state index contributed by atoms with van der Waals surface area (Å²) in [5.41, 5.74) is 1.58. The fraction of sp³-hybridized carbons (Fsp3) is 0.625. The van der Waals surface area contributed by atoms with Crippen molar-refractivity contribution in [1.29, 1.82) is 0 Å². The lowest BCUT2D eigenvalue weighted by molar-refractivity contribution is -0.128. The molecule has 2 fully saturated rings. The largest absolute Gasteiger partial charge is 0.379 e. The third-order valence-corrected chi connectivity index (χ3v) is 4.62. The first-order valence-corrected chi connectivity index (χ1v) is 8.15. The van der Waals surface area contributed by atoms with Crippen LogP contribution in [-0.4, -0.2) is 91.7 Å². The number of hydrogen-bond acceptors (Lipinski definition) is 6. The molecule has 2 saturated heterocycles. The molecule has 3 heterocycles. The lowest BCUT2D eigenvalue weighted by Gasteiger charge is -2.37. The molecule has 130 valence electrons. The SMILES string of the molecule is CC1=CN=C2C(C(=O)N(C)C(=O)N2C)C1=NCCN1CCOCC1. The van der Waals surface area contributed by atoms with Crippen molar-refractivity contribution in [3.05, 3.63) is 11.8 Å². The molecule has 0 aromatic heterocycles. The van der Waals surface area contributed by atoms with E-state index in [1.807, 2.05) is 6.92 Å². The van der Waals surface area contributed by atoms with E-state index in [0.717, 1.165) is 43.3 Å². The number of urea groups is 1. The summed E-state index contributed by atoms with van der Waals surface area (Å²) in [7, 11) is 3.13. The second kappa shape index (κ2) is 6.82. The van der Waals surface area contributed by atoms with Crippen LogP contribution in [0.5, 0.6) is 0 Å². The van der Waals surface area contributed by atoms with Crippen LogP contribution in [0.2, 0.25) is 0 Å². The molecule has 3 aliphatic rings. The highest BCUT2D eigenvalue weighted by Gasteiger charge is 2.44. The van der Waals surface area contributed by atoms with Crippen molar-refractivity contribution < 1.29 is 14.3 Å². The van der Waals surface area contributed by atoms with Crippen LogP contribution in [-0.2, 0) is 9.53 Å². The second-order valence-corrected chi connectivity index (χ2v) is 6.19. The van der Waals surface area contributed by atoms with Crippen LogP contribution < -0.4 is 0 Å². The zero-order chi connectivity index (χ0) is 17.3. The van der Waals surface area contributed by atoms with Gasteiger partial charge >= 0.3 is 6.03 Å². The number of hydrogen-bond donors (Lipinski definition) is 0. The maximum atomic E-state index is 12.6. The van der Waals surface area contributed by atoms with Crippen molar-refractivity contribution in [3.63, 3.8) is 0 Å². The predicted molar refractivity (Wildman–Crippen MR) is 90.2 cm³/mol. The van der Waals surface area contributed by atoms with Gasteiger partial charge in [-0.1, -0.05) is 0 Å².